The molecular weight excluding hydrogens is 612 g/mol. The van der Waals surface area contributed by atoms with Crippen LogP contribution in [0.5, 0.6) is 0 Å². The number of carbonyl (C=O) groups excluding carboxylic acids is 2. The fraction of sp³-hybridized carbons (Fsp3) is 0.814. The Balaban J connectivity index is 0.00000130. The van der Waals surface area contributed by atoms with E-state index in [4.69, 9.17) is 18.9 Å². The molecule has 0 aromatic heterocycles. The zero-order valence-electron chi connectivity index (χ0n) is 32.6. The van der Waals surface area contributed by atoms with Crippen LogP contribution in [-0.4, -0.2) is 43.7 Å². The van der Waals surface area contributed by atoms with E-state index in [1.165, 1.54) is 25.7 Å². The third kappa shape index (κ3) is 8.11. The number of esters is 2. The molecule has 0 radical (unpaired) electrons. The maximum absolute atomic E-state index is 13.6. The summed E-state index contributed by atoms with van der Waals surface area (Å²) >= 11 is 0. The Kier molecular flexibility index (Phi) is 14.3. The summed E-state index contributed by atoms with van der Waals surface area (Å²) in [6.45, 7) is 21.4. The van der Waals surface area contributed by atoms with Crippen molar-refractivity contribution in [1.82, 2.24) is 0 Å². The first-order valence-electron chi connectivity index (χ1n) is 20.3. The third-order valence-corrected chi connectivity index (χ3v) is 13.8. The Bertz CT molecular complexity index is 1180. The lowest BCUT2D eigenvalue weighted by Crippen LogP contribution is -2.60. The van der Waals surface area contributed by atoms with Crippen LogP contribution in [0.2, 0.25) is 0 Å². The highest BCUT2D eigenvalue weighted by molar-refractivity contribution is 5.89. The lowest BCUT2D eigenvalue weighted by Gasteiger charge is -2.63. The second kappa shape index (κ2) is 17.5. The van der Waals surface area contributed by atoms with Crippen LogP contribution >= 0.6 is 0 Å². The molecule has 10 atom stereocenters. The molecule has 0 bridgehead atoms. The van der Waals surface area contributed by atoms with E-state index >= 15 is 0 Å². The average Bonchev–Trinajstić information content (AvgIpc) is 3.73. The summed E-state index contributed by atoms with van der Waals surface area (Å²) in [5, 5.41) is 0. The molecule has 5 fully saturated rings. The van der Waals surface area contributed by atoms with Crippen LogP contribution in [0.15, 0.2) is 30.3 Å². The smallest absolute Gasteiger partial charge is 0.338 e. The van der Waals surface area contributed by atoms with Crippen LogP contribution in [0.3, 0.4) is 0 Å². The molecule has 0 amide bonds. The zero-order chi connectivity index (χ0) is 35.8. The normalized spacial score (nSPS) is 35.2. The lowest BCUT2D eigenvalue weighted by atomic mass is 9.43. The molecule has 1 spiro atoms. The van der Waals surface area contributed by atoms with E-state index in [0.717, 1.165) is 51.4 Å². The maximum Gasteiger partial charge on any atom is 0.338 e. The summed E-state index contributed by atoms with van der Waals surface area (Å²) in [6.07, 6.45) is 12.8. The number of ether oxygens (including phenoxy) is 4. The number of hydrogen-bond acceptors (Lipinski definition) is 6. The van der Waals surface area contributed by atoms with Gasteiger partial charge in [0.05, 0.1) is 31.3 Å². The zero-order valence-corrected chi connectivity index (χ0v) is 32.6. The minimum absolute atomic E-state index is 0.0187. The third-order valence-electron chi connectivity index (χ3n) is 13.8. The van der Waals surface area contributed by atoms with Gasteiger partial charge in [0, 0.05) is 18.8 Å². The van der Waals surface area contributed by atoms with Gasteiger partial charge in [0.2, 0.25) is 0 Å². The van der Waals surface area contributed by atoms with Crippen LogP contribution in [0.1, 0.15) is 150 Å². The standard InChI is InChI=1S/C39H58O6.2C2H6/c1-6-27(35(40)42-7-2)15-11-12-26(3)30-16-17-31-34-32(18-19-38(30,31)5)37(4)20-21-39(43-22-23-44-39)25-29(37)24-33(34)45-36(41)28-13-9-8-10-14-28;2*1-2/h8-10,13-14,26-27,29-34H,6-7,11-12,15-25H2,1-5H3;2*1-2H3/t26-,27?,29+,30-,31?,32?,33-,34?,37+,38-;;/m1../s1. The summed E-state index contributed by atoms with van der Waals surface area (Å²) in [5.74, 6) is 2.57. The first-order valence-corrected chi connectivity index (χ1v) is 20.3. The van der Waals surface area contributed by atoms with Crippen LogP contribution in [-0.2, 0) is 23.7 Å². The van der Waals surface area contributed by atoms with Gasteiger partial charge < -0.3 is 18.9 Å². The highest BCUT2D eigenvalue weighted by atomic mass is 16.7. The molecule has 1 saturated heterocycles. The van der Waals surface area contributed by atoms with Gasteiger partial charge in [-0.05, 0) is 111 Å². The molecule has 6 heteroatoms. The van der Waals surface area contributed by atoms with E-state index in [1.54, 1.807) is 0 Å². The Morgan fingerprint density at radius 3 is 2.20 bits per heavy atom. The molecule has 49 heavy (non-hydrogen) atoms. The molecule has 0 N–H and O–H groups in total. The van der Waals surface area contributed by atoms with Crippen molar-refractivity contribution in [2.24, 2.45) is 52.3 Å². The maximum atomic E-state index is 13.6. The highest BCUT2D eigenvalue weighted by Gasteiger charge is 2.65. The Morgan fingerprint density at radius 2 is 1.55 bits per heavy atom. The van der Waals surface area contributed by atoms with Gasteiger partial charge in [0.15, 0.2) is 5.79 Å². The largest absolute Gasteiger partial charge is 0.466 e. The fourth-order valence-corrected chi connectivity index (χ4v) is 11.4. The van der Waals surface area contributed by atoms with Gasteiger partial charge in [-0.2, -0.15) is 0 Å². The molecule has 1 aromatic rings. The predicted molar refractivity (Wildman–Crippen MR) is 197 cm³/mol. The molecule has 278 valence electrons. The molecule has 6 rings (SSSR count). The average molecular weight is 683 g/mol. The highest BCUT2D eigenvalue weighted by Crippen LogP contribution is 2.69. The predicted octanol–water partition coefficient (Wildman–Crippen LogP) is 10.7. The summed E-state index contributed by atoms with van der Waals surface area (Å²) in [4.78, 5) is 26.0. The van der Waals surface area contributed by atoms with E-state index in [2.05, 4.69) is 27.7 Å². The van der Waals surface area contributed by atoms with Crippen molar-refractivity contribution in [3.8, 4) is 0 Å². The van der Waals surface area contributed by atoms with Crippen molar-refractivity contribution in [2.75, 3.05) is 19.8 Å². The number of benzene rings is 1. The molecular formula is C43H70O6. The van der Waals surface area contributed by atoms with Crippen LogP contribution in [0.25, 0.3) is 0 Å². The van der Waals surface area contributed by atoms with Crippen LogP contribution in [0, 0.1) is 52.3 Å². The van der Waals surface area contributed by atoms with Gasteiger partial charge >= 0.3 is 11.9 Å². The van der Waals surface area contributed by atoms with Gasteiger partial charge in [-0.15, -0.1) is 0 Å². The number of fused-ring (bicyclic) bond motifs is 5. The van der Waals surface area contributed by atoms with Crippen LogP contribution < -0.4 is 0 Å². The number of rotatable bonds is 10. The van der Waals surface area contributed by atoms with Crippen molar-refractivity contribution >= 4 is 11.9 Å². The Labute approximate surface area is 299 Å². The monoisotopic (exact) mass is 683 g/mol. The molecule has 1 aliphatic heterocycles. The minimum Gasteiger partial charge on any atom is -0.466 e. The molecule has 4 saturated carbocycles. The molecule has 4 unspecified atom stereocenters. The van der Waals surface area contributed by atoms with Crippen molar-refractivity contribution in [3.63, 3.8) is 0 Å². The fourth-order valence-electron chi connectivity index (χ4n) is 11.4. The lowest BCUT2D eigenvalue weighted by molar-refractivity contribution is -0.242. The van der Waals surface area contributed by atoms with Crippen LogP contribution in [0.4, 0.5) is 0 Å². The van der Waals surface area contributed by atoms with Crippen molar-refractivity contribution in [3.05, 3.63) is 35.9 Å². The molecule has 4 aliphatic carbocycles. The van der Waals surface area contributed by atoms with Crippen molar-refractivity contribution in [2.45, 2.75) is 151 Å². The van der Waals surface area contributed by atoms with Gasteiger partial charge in [-0.1, -0.05) is 86.4 Å². The number of carbonyl (C=O) groups is 2. The van der Waals surface area contributed by atoms with Gasteiger partial charge in [-0.3, -0.25) is 4.79 Å². The quantitative estimate of drug-likeness (QED) is 0.229. The van der Waals surface area contributed by atoms with E-state index in [9.17, 15) is 9.59 Å². The SMILES string of the molecule is CC.CC.CCOC(=O)C(CC)CCC[C@@H](C)[C@H]1CCC2C3C(CC[C@@]21C)[C@@]1(C)CCC2(C[C@@H]1C[C@H]3OC(=O)c1ccccc1)OCCO2. The summed E-state index contributed by atoms with van der Waals surface area (Å²) in [5.41, 5.74) is 1.11. The van der Waals surface area contributed by atoms with Crippen molar-refractivity contribution < 1.29 is 28.5 Å². The molecule has 6 nitrogen and oxygen atoms in total. The van der Waals surface area contributed by atoms with E-state index in [1.807, 2.05) is 65.0 Å². The van der Waals surface area contributed by atoms with E-state index in [-0.39, 0.29) is 34.8 Å². The van der Waals surface area contributed by atoms with Gasteiger partial charge in [0.1, 0.15) is 6.10 Å². The topological polar surface area (TPSA) is 71.1 Å². The van der Waals surface area contributed by atoms with Gasteiger partial charge in [-0.25, -0.2) is 4.79 Å². The summed E-state index contributed by atoms with van der Waals surface area (Å²) in [6, 6.07) is 9.56. The second-order valence-electron chi connectivity index (χ2n) is 15.8. The number of hydrogen-bond donors (Lipinski definition) is 0. The van der Waals surface area contributed by atoms with E-state index in [0.29, 0.717) is 60.9 Å². The van der Waals surface area contributed by atoms with Gasteiger partial charge in [0.25, 0.3) is 0 Å². The Hall–Kier alpha value is -1.92. The first kappa shape index (κ1) is 39.9. The molecule has 5 aliphatic rings. The second-order valence-corrected chi connectivity index (χ2v) is 15.8. The van der Waals surface area contributed by atoms with Crippen molar-refractivity contribution in [1.29, 1.82) is 0 Å². The molecule has 1 heterocycles. The summed E-state index contributed by atoms with van der Waals surface area (Å²) in [7, 11) is 0. The first-order chi connectivity index (χ1) is 23.6. The minimum atomic E-state index is -0.438. The summed E-state index contributed by atoms with van der Waals surface area (Å²) < 4.78 is 24.5. The Morgan fingerprint density at radius 1 is 0.878 bits per heavy atom. The molecule has 1 aromatic carbocycles. The van der Waals surface area contributed by atoms with E-state index < -0.39 is 5.79 Å².